The van der Waals surface area contributed by atoms with Crippen molar-refractivity contribution < 1.29 is 4.79 Å². The number of likely N-dealkylation sites (N-methyl/N-ethyl adjacent to an activating group) is 1. The summed E-state index contributed by atoms with van der Waals surface area (Å²) in [5.41, 5.74) is 0.565. The van der Waals surface area contributed by atoms with Gasteiger partial charge in [0.05, 0.1) is 18.6 Å². The molecule has 23 heavy (non-hydrogen) atoms. The molecule has 2 aromatic heterocycles. The molecule has 1 amide bonds. The Morgan fingerprint density at radius 1 is 1.35 bits per heavy atom. The highest BCUT2D eigenvalue weighted by molar-refractivity contribution is 7.17. The number of fused-ring (bicyclic) bond motifs is 1. The van der Waals surface area contributed by atoms with Gasteiger partial charge in [0.15, 0.2) is 0 Å². The molecule has 7 heteroatoms. The first kappa shape index (κ1) is 16.1. The Morgan fingerprint density at radius 2 is 2.09 bits per heavy atom. The van der Waals surface area contributed by atoms with Crippen LogP contribution in [0, 0.1) is 0 Å². The van der Waals surface area contributed by atoms with E-state index in [9.17, 15) is 9.59 Å². The largest absolute Gasteiger partial charge is 0.337 e. The number of hydrogen-bond acceptors (Lipinski definition) is 5. The average molecular weight is 334 g/mol. The van der Waals surface area contributed by atoms with E-state index in [4.69, 9.17) is 0 Å². The van der Waals surface area contributed by atoms with E-state index in [-0.39, 0.29) is 11.5 Å². The molecule has 0 saturated carbocycles. The van der Waals surface area contributed by atoms with Gasteiger partial charge in [-0.3, -0.25) is 14.5 Å². The molecule has 0 spiro atoms. The first-order chi connectivity index (χ1) is 11.1. The van der Waals surface area contributed by atoms with E-state index in [0.29, 0.717) is 29.1 Å². The van der Waals surface area contributed by atoms with Crippen LogP contribution in [0.3, 0.4) is 0 Å². The summed E-state index contributed by atoms with van der Waals surface area (Å²) >= 11 is 1.38. The Morgan fingerprint density at radius 3 is 2.83 bits per heavy atom. The number of carbonyl (C=O) groups excluding carboxylic acids is 1. The van der Waals surface area contributed by atoms with Gasteiger partial charge in [0.1, 0.15) is 10.5 Å². The molecule has 1 aliphatic rings. The van der Waals surface area contributed by atoms with E-state index in [1.54, 1.807) is 11.9 Å². The summed E-state index contributed by atoms with van der Waals surface area (Å²) in [4.78, 5) is 35.4. The smallest absolute Gasteiger partial charge is 0.268 e. The predicted molar refractivity (Wildman–Crippen MR) is 91.6 cm³/mol. The van der Waals surface area contributed by atoms with Crippen LogP contribution in [0.2, 0.25) is 0 Å². The molecule has 1 aliphatic heterocycles. The molecule has 1 N–H and O–H groups in total. The van der Waals surface area contributed by atoms with Gasteiger partial charge >= 0.3 is 0 Å². The number of aromatic nitrogens is 2. The minimum absolute atomic E-state index is 0.0694. The first-order valence-corrected chi connectivity index (χ1v) is 8.94. The number of rotatable bonds is 4. The van der Waals surface area contributed by atoms with Gasteiger partial charge in [-0.05, 0) is 37.4 Å². The molecule has 2 aromatic rings. The van der Waals surface area contributed by atoms with Gasteiger partial charge in [0.2, 0.25) is 5.91 Å². The molecule has 0 aromatic carbocycles. The summed E-state index contributed by atoms with van der Waals surface area (Å²) in [7, 11) is 1.76. The maximum absolute atomic E-state index is 12.4. The van der Waals surface area contributed by atoms with Crippen molar-refractivity contribution in [1.29, 1.82) is 0 Å². The van der Waals surface area contributed by atoms with Crippen LogP contribution in [0.5, 0.6) is 0 Å². The summed E-state index contributed by atoms with van der Waals surface area (Å²) in [6.07, 6.45) is 4.85. The van der Waals surface area contributed by atoms with Crippen molar-refractivity contribution in [2.75, 3.05) is 26.7 Å². The van der Waals surface area contributed by atoms with Crippen LogP contribution in [0.15, 0.2) is 16.2 Å². The monoisotopic (exact) mass is 334 g/mol. The van der Waals surface area contributed by atoms with Crippen LogP contribution < -0.4 is 5.56 Å². The van der Waals surface area contributed by atoms with Crippen molar-refractivity contribution in [1.82, 2.24) is 19.8 Å². The summed E-state index contributed by atoms with van der Waals surface area (Å²) < 4.78 is 0.632. The number of nitrogens with one attached hydrogen (secondary N) is 1. The second kappa shape index (κ2) is 7.23. The molecule has 0 aliphatic carbocycles. The minimum Gasteiger partial charge on any atom is -0.337 e. The molecule has 0 atom stereocenters. The molecule has 6 nitrogen and oxygen atoms in total. The van der Waals surface area contributed by atoms with Crippen molar-refractivity contribution in [2.24, 2.45) is 0 Å². The summed E-state index contributed by atoms with van der Waals surface area (Å²) in [5.74, 6) is 0.604. The Labute approximate surface area is 139 Å². The number of carbonyl (C=O) groups is 1. The van der Waals surface area contributed by atoms with Crippen LogP contribution in [0.1, 0.15) is 31.5 Å². The standard InChI is InChI=1S/C16H22N4O2S/c1-19(14(21)11-20-7-4-2-3-5-8-20)10-13-17-12-6-9-23-15(12)16(22)18-13/h6,9H,2-5,7-8,10-11H2,1H3,(H,17,18,22). The van der Waals surface area contributed by atoms with Gasteiger partial charge in [0.25, 0.3) is 5.56 Å². The molecular weight excluding hydrogens is 312 g/mol. The highest BCUT2D eigenvalue weighted by Crippen LogP contribution is 2.14. The highest BCUT2D eigenvalue weighted by Gasteiger charge is 2.17. The molecule has 124 valence electrons. The summed E-state index contributed by atoms with van der Waals surface area (Å²) in [6, 6.07) is 1.83. The van der Waals surface area contributed by atoms with Gasteiger partial charge in [0, 0.05) is 7.05 Å². The SMILES string of the molecule is CN(Cc1nc2ccsc2c(=O)[nH]1)C(=O)CN1CCCCCC1. The second-order valence-corrected chi connectivity index (χ2v) is 7.00. The van der Waals surface area contributed by atoms with Gasteiger partial charge < -0.3 is 9.88 Å². The second-order valence-electron chi connectivity index (χ2n) is 6.09. The first-order valence-electron chi connectivity index (χ1n) is 8.06. The van der Waals surface area contributed by atoms with Crippen molar-refractivity contribution in [3.8, 4) is 0 Å². The number of aromatic amines is 1. The molecule has 0 bridgehead atoms. The van der Waals surface area contributed by atoms with Gasteiger partial charge in [-0.15, -0.1) is 11.3 Å². The third-order valence-corrected chi connectivity index (χ3v) is 5.14. The van der Waals surface area contributed by atoms with Crippen molar-refractivity contribution in [3.63, 3.8) is 0 Å². The number of nitrogens with zero attached hydrogens (tertiary/aromatic N) is 3. The van der Waals surface area contributed by atoms with E-state index in [1.807, 2.05) is 11.4 Å². The van der Waals surface area contributed by atoms with Gasteiger partial charge in [-0.1, -0.05) is 12.8 Å². The average Bonchev–Trinajstić information content (AvgIpc) is 2.85. The molecule has 3 heterocycles. The minimum atomic E-state index is -0.131. The molecular formula is C16H22N4O2S. The van der Waals surface area contributed by atoms with E-state index in [2.05, 4.69) is 14.9 Å². The number of H-pyrrole nitrogens is 1. The van der Waals surface area contributed by atoms with Crippen LogP contribution in [-0.2, 0) is 11.3 Å². The zero-order valence-corrected chi connectivity index (χ0v) is 14.2. The Kier molecular flexibility index (Phi) is 5.07. The molecule has 1 saturated heterocycles. The fourth-order valence-corrected chi connectivity index (χ4v) is 3.64. The summed E-state index contributed by atoms with van der Waals surface area (Å²) in [5, 5.41) is 1.85. The molecule has 3 rings (SSSR count). The quantitative estimate of drug-likeness (QED) is 0.926. The molecule has 0 unspecified atom stereocenters. The van der Waals surface area contributed by atoms with E-state index in [1.165, 1.54) is 37.0 Å². The van der Waals surface area contributed by atoms with E-state index < -0.39 is 0 Å². The summed E-state index contributed by atoms with van der Waals surface area (Å²) in [6.45, 7) is 2.76. The fourth-order valence-electron chi connectivity index (χ4n) is 2.92. The molecule has 0 radical (unpaired) electrons. The third kappa shape index (κ3) is 3.97. The normalized spacial score (nSPS) is 16.4. The van der Waals surface area contributed by atoms with Crippen LogP contribution in [0.25, 0.3) is 10.2 Å². The zero-order valence-electron chi connectivity index (χ0n) is 13.4. The van der Waals surface area contributed by atoms with Gasteiger partial charge in [-0.2, -0.15) is 0 Å². The Hall–Kier alpha value is -1.73. The van der Waals surface area contributed by atoms with E-state index in [0.717, 1.165) is 13.1 Å². The lowest BCUT2D eigenvalue weighted by molar-refractivity contribution is -0.131. The van der Waals surface area contributed by atoms with Gasteiger partial charge in [-0.25, -0.2) is 4.98 Å². The lowest BCUT2D eigenvalue weighted by Gasteiger charge is -2.23. The number of thiophene rings is 1. The number of amides is 1. The Bertz CT molecular complexity index is 731. The number of likely N-dealkylation sites (tertiary alicyclic amines) is 1. The van der Waals surface area contributed by atoms with Crippen molar-refractivity contribution in [3.05, 3.63) is 27.6 Å². The Balaban J connectivity index is 1.63. The molecule has 1 fully saturated rings. The maximum atomic E-state index is 12.4. The van der Waals surface area contributed by atoms with Crippen molar-refractivity contribution in [2.45, 2.75) is 32.2 Å². The number of hydrogen-bond donors (Lipinski definition) is 1. The predicted octanol–water partition coefficient (Wildman–Crippen LogP) is 1.82. The van der Waals surface area contributed by atoms with Crippen LogP contribution >= 0.6 is 11.3 Å². The van der Waals surface area contributed by atoms with Crippen LogP contribution in [0.4, 0.5) is 0 Å². The van der Waals surface area contributed by atoms with Crippen LogP contribution in [-0.4, -0.2) is 52.4 Å². The third-order valence-electron chi connectivity index (χ3n) is 4.23. The highest BCUT2D eigenvalue weighted by atomic mass is 32.1. The lowest BCUT2D eigenvalue weighted by Crippen LogP contribution is -2.39. The zero-order chi connectivity index (χ0) is 16.2. The lowest BCUT2D eigenvalue weighted by atomic mass is 10.2. The maximum Gasteiger partial charge on any atom is 0.268 e. The van der Waals surface area contributed by atoms with Crippen molar-refractivity contribution >= 4 is 27.5 Å². The fraction of sp³-hybridized carbons (Fsp3) is 0.562. The van der Waals surface area contributed by atoms with E-state index >= 15 is 0 Å². The topological polar surface area (TPSA) is 69.3 Å².